The second-order valence-electron chi connectivity index (χ2n) is 5.96. The molecular formula is C19H23NO. The lowest BCUT2D eigenvalue weighted by molar-refractivity contribution is 0.482. The topological polar surface area (TPSA) is 25.2 Å². The molecule has 21 heavy (non-hydrogen) atoms. The number of furan rings is 1. The maximum Gasteiger partial charge on any atom is 0.135 e. The van der Waals surface area contributed by atoms with E-state index in [-0.39, 0.29) is 0 Å². The van der Waals surface area contributed by atoms with E-state index in [1.54, 1.807) is 0 Å². The van der Waals surface area contributed by atoms with E-state index in [0.29, 0.717) is 0 Å². The van der Waals surface area contributed by atoms with E-state index in [2.05, 4.69) is 42.6 Å². The van der Waals surface area contributed by atoms with Crippen LogP contribution in [0.4, 0.5) is 0 Å². The molecule has 3 rings (SSSR count). The monoisotopic (exact) mass is 281 g/mol. The van der Waals surface area contributed by atoms with Gasteiger partial charge in [0.2, 0.25) is 0 Å². The number of fused-ring (bicyclic) bond motifs is 3. The lowest BCUT2D eigenvalue weighted by atomic mass is 9.97. The number of rotatable bonds is 6. The Hall–Kier alpha value is -1.80. The van der Waals surface area contributed by atoms with Gasteiger partial charge in [-0.05, 0) is 62.5 Å². The van der Waals surface area contributed by atoms with Crippen LogP contribution in [0.25, 0.3) is 21.9 Å². The SMILES string of the molecule is CNCCC(C)CCc1ccc2oc3ccccc3c2c1. The van der Waals surface area contributed by atoms with Crippen LogP contribution >= 0.6 is 0 Å². The van der Waals surface area contributed by atoms with E-state index in [4.69, 9.17) is 4.42 Å². The molecule has 0 fully saturated rings. The quantitative estimate of drug-likeness (QED) is 0.704. The molecule has 0 bridgehead atoms. The number of para-hydroxylation sites is 1. The number of nitrogens with one attached hydrogen (secondary N) is 1. The maximum atomic E-state index is 5.88. The summed E-state index contributed by atoms with van der Waals surface area (Å²) < 4.78 is 5.88. The van der Waals surface area contributed by atoms with E-state index in [1.807, 2.05) is 19.2 Å². The van der Waals surface area contributed by atoms with Crippen molar-refractivity contribution in [2.75, 3.05) is 13.6 Å². The largest absolute Gasteiger partial charge is 0.456 e. The Balaban J connectivity index is 1.79. The van der Waals surface area contributed by atoms with Gasteiger partial charge in [-0.25, -0.2) is 0 Å². The van der Waals surface area contributed by atoms with Gasteiger partial charge in [-0.1, -0.05) is 31.2 Å². The van der Waals surface area contributed by atoms with Gasteiger partial charge in [0.1, 0.15) is 11.2 Å². The molecule has 0 radical (unpaired) electrons. The van der Waals surface area contributed by atoms with Gasteiger partial charge in [0.25, 0.3) is 0 Å². The summed E-state index contributed by atoms with van der Waals surface area (Å²) in [5.74, 6) is 0.759. The smallest absolute Gasteiger partial charge is 0.135 e. The Morgan fingerprint density at radius 2 is 1.81 bits per heavy atom. The van der Waals surface area contributed by atoms with Crippen molar-refractivity contribution < 1.29 is 4.42 Å². The fourth-order valence-corrected chi connectivity index (χ4v) is 2.88. The summed E-state index contributed by atoms with van der Waals surface area (Å²) in [7, 11) is 2.02. The highest BCUT2D eigenvalue weighted by Crippen LogP contribution is 2.29. The van der Waals surface area contributed by atoms with E-state index in [9.17, 15) is 0 Å². The number of hydrogen-bond acceptors (Lipinski definition) is 2. The van der Waals surface area contributed by atoms with Crippen molar-refractivity contribution in [3.63, 3.8) is 0 Å². The summed E-state index contributed by atoms with van der Waals surface area (Å²) in [6, 6.07) is 14.9. The molecule has 2 nitrogen and oxygen atoms in total. The molecule has 3 aromatic rings. The van der Waals surface area contributed by atoms with Crippen LogP contribution < -0.4 is 5.32 Å². The third-order valence-corrected chi connectivity index (χ3v) is 4.25. The predicted octanol–water partition coefficient (Wildman–Crippen LogP) is 4.76. The Kier molecular flexibility index (Phi) is 4.26. The van der Waals surface area contributed by atoms with Crippen molar-refractivity contribution in [3.05, 3.63) is 48.0 Å². The van der Waals surface area contributed by atoms with Gasteiger partial charge in [-0.2, -0.15) is 0 Å². The number of benzene rings is 2. The zero-order chi connectivity index (χ0) is 14.7. The van der Waals surface area contributed by atoms with Crippen molar-refractivity contribution in [2.45, 2.75) is 26.2 Å². The highest BCUT2D eigenvalue weighted by atomic mass is 16.3. The zero-order valence-electron chi connectivity index (χ0n) is 12.9. The van der Waals surface area contributed by atoms with Gasteiger partial charge in [-0.15, -0.1) is 0 Å². The molecule has 1 N–H and O–H groups in total. The van der Waals surface area contributed by atoms with E-state index < -0.39 is 0 Å². The van der Waals surface area contributed by atoms with Gasteiger partial charge in [-0.3, -0.25) is 0 Å². The first-order valence-corrected chi connectivity index (χ1v) is 7.82. The van der Waals surface area contributed by atoms with Crippen molar-refractivity contribution in [1.29, 1.82) is 0 Å². The molecule has 0 aliphatic carbocycles. The highest BCUT2D eigenvalue weighted by Gasteiger charge is 2.08. The van der Waals surface area contributed by atoms with Gasteiger partial charge in [0.05, 0.1) is 0 Å². The summed E-state index contributed by atoms with van der Waals surface area (Å²) in [4.78, 5) is 0. The predicted molar refractivity (Wildman–Crippen MR) is 89.7 cm³/mol. The summed E-state index contributed by atoms with van der Waals surface area (Å²) in [6.45, 7) is 3.44. The van der Waals surface area contributed by atoms with Crippen LogP contribution in [0, 0.1) is 5.92 Å². The van der Waals surface area contributed by atoms with Crippen molar-refractivity contribution in [2.24, 2.45) is 5.92 Å². The van der Waals surface area contributed by atoms with Gasteiger partial charge in [0, 0.05) is 10.8 Å². The Labute approximate surface area is 126 Å². The standard InChI is InChI=1S/C19H23NO/c1-14(11-12-20-2)7-8-15-9-10-19-17(13-15)16-5-3-4-6-18(16)21-19/h3-6,9-10,13-14,20H,7-8,11-12H2,1-2H3. The fourth-order valence-electron chi connectivity index (χ4n) is 2.88. The molecule has 1 heterocycles. The van der Waals surface area contributed by atoms with E-state index in [0.717, 1.165) is 30.0 Å². The van der Waals surface area contributed by atoms with Crippen LogP contribution in [-0.2, 0) is 6.42 Å². The maximum absolute atomic E-state index is 5.88. The minimum absolute atomic E-state index is 0.759. The molecule has 1 atom stereocenters. The average Bonchev–Trinajstić information content (AvgIpc) is 2.89. The molecule has 110 valence electrons. The Bertz CT molecular complexity index is 729. The molecule has 0 spiro atoms. The lowest BCUT2D eigenvalue weighted by Crippen LogP contribution is -2.11. The third kappa shape index (κ3) is 3.11. The van der Waals surface area contributed by atoms with Crippen molar-refractivity contribution in [1.82, 2.24) is 5.32 Å². The van der Waals surface area contributed by atoms with Crippen LogP contribution in [0.2, 0.25) is 0 Å². The van der Waals surface area contributed by atoms with Crippen LogP contribution in [-0.4, -0.2) is 13.6 Å². The third-order valence-electron chi connectivity index (χ3n) is 4.25. The molecule has 0 amide bonds. The molecule has 0 aliphatic rings. The molecule has 1 aromatic heterocycles. The van der Waals surface area contributed by atoms with Crippen LogP contribution in [0.3, 0.4) is 0 Å². The van der Waals surface area contributed by atoms with Crippen LogP contribution in [0.5, 0.6) is 0 Å². The first kappa shape index (κ1) is 14.2. The minimum Gasteiger partial charge on any atom is -0.456 e. The fraction of sp³-hybridized carbons (Fsp3) is 0.368. The normalized spacial score (nSPS) is 13.0. The average molecular weight is 281 g/mol. The van der Waals surface area contributed by atoms with Crippen LogP contribution in [0.15, 0.2) is 46.9 Å². The molecular weight excluding hydrogens is 258 g/mol. The molecule has 0 aliphatic heterocycles. The zero-order valence-corrected chi connectivity index (χ0v) is 12.9. The van der Waals surface area contributed by atoms with Gasteiger partial charge >= 0.3 is 0 Å². The minimum atomic E-state index is 0.759. The Morgan fingerprint density at radius 1 is 1.00 bits per heavy atom. The second-order valence-corrected chi connectivity index (χ2v) is 5.96. The van der Waals surface area contributed by atoms with Crippen molar-refractivity contribution in [3.8, 4) is 0 Å². The lowest BCUT2D eigenvalue weighted by Gasteiger charge is -2.10. The summed E-state index contributed by atoms with van der Waals surface area (Å²) >= 11 is 0. The first-order valence-electron chi connectivity index (χ1n) is 7.82. The number of aryl methyl sites for hydroxylation is 1. The molecule has 2 aromatic carbocycles. The first-order chi connectivity index (χ1) is 10.3. The van der Waals surface area contributed by atoms with Gasteiger partial charge in [0.15, 0.2) is 0 Å². The summed E-state index contributed by atoms with van der Waals surface area (Å²) in [5, 5.41) is 5.69. The molecule has 1 unspecified atom stereocenters. The van der Waals surface area contributed by atoms with Crippen LogP contribution in [0.1, 0.15) is 25.3 Å². The molecule has 2 heteroatoms. The second kappa shape index (κ2) is 6.31. The number of hydrogen-bond donors (Lipinski definition) is 1. The summed E-state index contributed by atoms with van der Waals surface area (Å²) in [5.41, 5.74) is 3.38. The van der Waals surface area contributed by atoms with E-state index in [1.165, 1.54) is 29.2 Å². The van der Waals surface area contributed by atoms with Crippen molar-refractivity contribution >= 4 is 21.9 Å². The van der Waals surface area contributed by atoms with Gasteiger partial charge < -0.3 is 9.73 Å². The molecule has 0 saturated carbocycles. The van der Waals surface area contributed by atoms with E-state index >= 15 is 0 Å². The summed E-state index contributed by atoms with van der Waals surface area (Å²) in [6.07, 6.45) is 3.62. The highest BCUT2D eigenvalue weighted by molar-refractivity contribution is 6.04. The Morgan fingerprint density at radius 3 is 2.67 bits per heavy atom. The molecule has 0 saturated heterocycles.